The Kier molecular flexibility index (Phi) is 6.92. The normalized spacial score (nSPS) is 25.6. The summed E-state index contributed by atoms with van der Waals surface area (Å²) < 4.78 is 5.70. The van der Waals surface area contributed by atoms with Crippen LogP contribution in [0.25, 0.3) is 16.5 Å². The first-order valence-electron chi connectivity index (χ1n) is 11.0. The highest BCUT2D eigenvalue weighted by atomic mass is 16.5. The minimum Gasteiger partial charge on any atom is -0.404 e. The number of benzene rings is 1. The maximum Gasteiger partial charge on any atom is 0.148 e. The number of hydrogen-bond donors (Lipinski definition) is 3. The zero-order valence-electron chi connectivity index (χ0n) is 17.7. The first-order chi connectivity index (χ1) is 14.8. The van der Waals surface area contributed by atoms with Crippen molar-refractivity contribution in [2.45, 2.75) is 63.3 Å². The molecular formula is C23H32N6O. The molecule has 1 saturated carbocycles. The molecule has 1 atom stereocenters. The molecule has 1 aliphatic heterocycles. The zero-order chi connectivity index (χ0) is 20.8. The number of nitrogens with zero attached hydrogens (tertiary/aromatic N) is 3. The molecule has 0 radical (unpaired) electrons. The van der Waals surface area contributed by atoms with Gasteiger partial charge >= 0.3 is 0 Å². The van der Waals surface area contributed by atoms with Gasteiger partial charge in [0.25, 0.3) is 0 Å². The zero-order valence-corrected chi connectivity index (χ0v) is 17.7. The van der Waals surface area contributed by atoms with Crippen molar-refractivity contribution >= 4 is 28.5 Å². The van der Waals surface area contributed by atoms with E-state index in [4.69, 9.17) is 10.5 Å². The maximum atomic E-state index is 5.93. The van der Waals surface area contributed by atoms with E-state index in [2.05, 4.69) is 31.7 Å². The first kappa shape index (κ1) is 20.8. The molecule has 4 rings (SSSR count). The van der Waals surface area contributed by atoms with Crippen LogP contribution in [0.1, 0.15) is 50.5 Å². The van der Waals surface area contributed by atoms with Crippen molar-refractivity contribution in [1.29, 1.82) is 0 Å². The predicted octanol–water partition coefficient (Wildman–Crippen LogP) is 3.47. The van der Waals surface area contributed by atoms with E-state index in [1.54, 1.807) is 12.5 Å². The Bertz CT molecular complexity index is 898. The third-order valence-corrected chi connectivity index (χ3v) is 6.16. The molecule has 0 spiro atoms. The molecule has 0 amide bonds. The van der Waals surface area contributed by atoms with Crippen LogP contribution in [0.3, 0.4) is 0 Å². The average molecular weight is 409 g/mol. The maximum absolute atomic E-state index is 5.93. The van der Waals surface area contributed by atoms with Crippen LogP contribution < -0.4 is 16.4 Å². The molecule has 4 N–H and O–H groups in total. The Morgan fingerprint density at radius 3 is 2.70 bits per heavy atom. The molecule has 1 aliphatic carbocycles. The van der Waals surface area contributed by atoms with E-state index in [0.29, 0.717) is 12.1 Å². The smallest absolute Gasteiger partial charge is 0.148 e. The Morgan fingerprint density at radius 2 is 1.97 bits per heavy atom. The fraction of sp³-hybridized carbons (Fsp3) is 0.522. The lowest BCUT2D eigenvalue weighted by molar-refractivity contribution is 0.0227. The van der Waals surface area contributed by atoms with Crippen LogP contribution in [0.5, 0.6) is 0 Å². The average Bonchev–Trinajstić information content (AvgIpc) is 2.81. The molecule has 160 valence electrons. The lowest BCUT2D eigenvalue weighted by Gasteiger charge is -2.29. The van der Waals surface area contributed by atoms with Gasteiger partial charge in [0.1, 0.15) is 18.4 Å². The van der Waals surface area contributed by atoms with E-state index < -0.39 is 0 Å². The van der Waals surface area contributed by atoms with Crippen LogP contribution >= 0.6 is 0 Å². The summed E-state index contributed by atoms with van der Waals surface area (Å²) in [6, 6.07) is 7.21. The molecule has 7 heteroatoms. The van der Waals surface area contributed by atoms with Gasteiger partial charge in [0.05, 0.1) is 5.52 Å². The van der Waals surface area contributed by atoms with E-state index in [-0.39, 0.29) is 6.23 Å². The van der Waals surface area contributed by atoms with Crippen LogP contribution in [0, 0.1) is 0 Å². The van der Waals surface area contributed by atoms with Gasteiger partial charge in [-0.3, -0.25) is 4.99 Å². The van der Waals surface area contributed by atoms with Gasteiger partial charge in [-0.2, -0.15) is 0 Å². The van der Waals surface area contributed by atoms with Crippen LogP contribution in [0.2, 0.25) is 0 Å². The van der Waals surface area contributed by atoms with Crippen LogP contribution in [-0.4, -0.2) is 48.1 Å². The van der Waals surface area contributed by atoms with Crippen molar-refractivity contribution in [3.63, 3.8) is 0 Å². The summed E-state index contributed by atoms with van der Waals surface area (Å²) in [4.78, 5) is 13.6. The van der Waals surface area contributed by atoms with E-state index in [1.807, 2.05) is 25.4 Å². The Hall–Kier alpha value is -2.51. The fourth-order valence-electron chi connectivity index (χ4n) is 4.29. The number of aliphatic imine (C=N–C) groups is 1. The number of nitrogens with two attached hydrogens (primary N) is 1. The van der Waals surface area contributed by atoms with Crippen LogP contribution in [-0.2, 0) is 4.74 Å². The summed E-state index contributed by atoms with van der Waals surface area (Å²) in [6.07, 6.45) is 12.9. The molecule has 0 bridgehead atoms. The van der Waals surface area contributed by atoms with Gasteiger partial charge in [-0.05, 0) is 69.7 Å². The second-order valence-corrected chi connectivity index (χ2v) is 8.16. The second-order valence-electron chi connectivity index (χ2n) is 8.16. The number of fused-ring (bicyclic) bond motifs is 1. The lowest BCUT2D eigenvalue weighted by atomic mass is 9.91. The summed E-state index contributed by atoms with van der Waals surface area (Å²) in [5, 5.41) is 8.05. The van der Waals surface area contributed by atoms with E-state index in [0.717, 1.165) is 66.6 Å². The lowest BCUT2D eigenvalue weighted by Crippen LogP contribution is -2.35. The van der Waals surface area contributed by atoms with Crippen LogP contribution in [0.4, 0.5) is 5.82 Å². The molecule has 1 saturated heterocycles. The van der Waals surface area contributed by atoms with Gasteiger partial charge in [-0.15, -0.1) is 0 Å². The monoisotopic (exact) mass is 408 g/mol. The molecule has 1 aromatic heterocycles. The Labute approximate surface area is 178 Å². The predicted molar refractivity (Wildman–Crippen MR) is 123 cm³/mol. The number of allylic oxidation sites excluding steroid dienone is 1. The summed E-state index contributed by atoms with van der Waals surface area (Å²) in [6.45, 7) is 0.780. The van der Waals surface area contributed by atoms with Crippen molar-refractivity contribution in [1.82, 2.24) is 15.3 Å². The van der Waals surface area contributed by atoms with Crippen molar-refractivity contribution in [3.05, 3.63) is 36.3 Å². The summed E-state index contributed by atoms with van der Waals surface area (Å²) in [5.74, 6) is 0.888. The number of anilines is 1. The molecule has 2 fully saturated rings. The van der Waals surface area contributed by atoms with Gasteiger partial charge in [-0.25, -0.2) is 9.97 Å². The quantitative estimate of drug-likeness (QED) is 0.633. The van der Waals surface area contributed by atoms with Crippen molar-refractivity contribution in [2.75, 3.05) is 19.0 Å². The number of ether oxygens (including phenoxy) is 1. The van der Waals surface area contributed by atoms with Crippen molar-refractivity contribution in [3.8, 4) is 0 Å². The third-order valence-electron chi connectivity index (χ3n) is 6.16. The van der Waals surface area contributed by atoms with E-state index in [9.17, 15) is 0 Å². The molecule has 1 aromatic carbocycles. The summed E-state index contributed by atoms with van der Waals surface area (Å²) >= 11 is 0. The van der Waals surface area contributed by atoms with Gasteiger partial charge in [-0.1, -0.05) is 6.07 Å². The largest absolute Gasteiger partial charge is 0.404 e. The molecule has 2 heterocycles. The standard InChI is InChI=1S/C23H32N6O/c1-25-18-6-8-19(9-7-18)29-23-20-12-16(5-10-21(20)27-15-28-23)17(13-24)14-26-22-4-2-3-11-30-22/h5,10,12-15,18-19,22,25H,2-4,6-9,11,24H2,1H3,(H,27,28,29). The first-order valence-corrected chi connectivity index (χ1v) is 11.0. The van der Waals surface area contributed by atoms with Gasteiger partial charge in [0.2, 0.25) is 0 Å². The third kappa shape index (κ3) is 4.96. The van der Waals surface area contributed by atoms with Gasteiger partial charge in [0.15, 0.2) is 0 Å². The molecule has 2 aromatic rings. The number of nitrogens with one attached hydrogen (secondary N) is 2. The highest BCUT2D eigenvalue weighted by molar-refractivity contribution is 6.11. The minimum absolute atomic E-state index is 0.0672. The van der Waals surface area contributed by atoms with Crippen LogP contribution in [0.15, 0.2) is 35.7 Å². The van der Waals surface area contributed by atoms with E-state index in [1.165, 1.54) is 12.8 Å². The highest BCUT2D eigenvalue weighted by Crippen LogP contribution is 2.27. The second kappa shape index (κ2) is 10.00. The highest BCUT2D eigenvalue weighted by Gasteiger charge is 2.21. The van der Waals surface area contributed by atoms with Gasteiger partial charge < -0.3 is 21.1 Å². The van der Waals surface area contributed by atoms with Gasteiger partial charge in [0, 0.05) is 42.1 Å². The van der Waals surface area contributed by atoms with E-state index >= 15 is 0 Å². The molecule has 30 heavy (non-hydrogen) atoms. The van der Waals surface area contributed by atoms with Crippen molar-refractivity contribution in [2.24, 2.45) is 10.7 Å². The Balaban J connectivity index is 1.53. The molecule has 7 nitrogen and oxygen atoms in total. The molecule has 2 aliphatic rings. The van der Waals surface area contributed by atoms with Crippen molar-refractivity contribution < 1.29 is 4.74 Å². The Morgan fingerprint density at radius 1 is 1.13 bits per heavy atom. The molecular weight excluding hydrogens is 376 g/mol. The summed E-state index contributed by atoms with van der Waals surface area (Å²) in [5.41, 5.74) is 8.72. The number of rotatable bonds is 6. The minimum atomic E-state index is -0.0672. The summed E-state index contributed by atoms with van der Waals surface area (Å²) in [7, 11) is 2.05. The number of aromatic nitrogens is 2. The molecule has 1 unspecified atom stereocenters. The number of hydrogen-bond acceptors (Lipinski definition) is 7. The fourth-order valence-corrected chi connectivity index (χ4v) is 4.29. The topological polar surface area (TPSA) is 97.5 Å². The SMILES string of the molecule is CNC1CCC(Nc2ncnc3ccc(C(C=NC4CCCCO4)=CN)cc23)CC1.